The summed E-state index contributed by atoms with van der Waals surface area (Å²) in [6.45, 7) is 1.88. The zero-order chi connectivity index (χ0) is 11.4. The second-order valence-corrected chi connectivity index (χ2v) is 4.09. The quantitative estimate of drug-likeness (QED) is 0.776. The minimum absolute atomic E-state index is 0.483. The maximum Gasteiger partial charge on any atom is 0.0850 e. The van der Waals surface area contributed by atoms with Crippen molar-refractivity contribution in [2.45, 2.75) is 25.0 Å². The van der Waals surface area contributed by atoms with Gasteiger partial charge in [-0.3, -0.25) is 0 Å². The van der Waals surface area contributed by atoms with E-state index >= 15 is 0 Å². The van der Waals surface area contributed by atoms with Gasteiger partial charge >= 0.3 is 0 Å². The van der Waals surface area contributed by atoms with E-state index in [1.54, 1.807) is 0 Å². The Morgan fingerprint density at radius 2 is 1.38 bits per heavy atom. The molecule has 0 amide bonds. The van der Waals surface area contributed by atoms with E-state index in [-0.39, 0.29) is 0 Å². The third kappa shape index (κ3) is 3.30. The van der Waals surface area contributed by atoms with Crippen LogP contribution in [-0.4, -0.2) is 32.5 Å². The van der Waals surface area contributed by atoms with Gasteiger partial charge in [0.1, 0.15) is 0 Å². The van der Waals surface area contributed by atoms with Crippen LogP contribution in [-0.2, 0) is 22.3 Å². The van der Waals surface area contributed by atoms with E-state index in [4.69, 9.17) is 9.47 Å². The van der Waals surface area contributed by atoms with Crippen LogP contribution in [0.25, 0.3) is 0 Å². The first-order valence-corrected chi connectivity index (χ1v) is 5.79. The molecule has 2 fully saturated rings. The molecule has 16 heavy (non-hydrogen) atoms. The predicted octanol–water partition coefficient (Wildman–Crippen LogP) is 1.14. The van der Waals surface area contributed by atoms with E-state index in [1.807, 2.05) is 0 Å². The zero-order valence-corrected chi connectivity index (χ0v) is 9.69. The van der Waals surface area contributed by atoms with Gasteiger partial charge in [-0.1, -0.05) is 24.3 Å². The van der Waals surface area contributed by atoms with Crippen molar-refractivity contribution < 1.29 is 9.47 Å². The molecule has 3 heteroatoms. The SMILES string of the molecule is CN.c1ccc(CC2CO2)c(CC2CO2)c1. The van der Waals surface area contributed by atoms with Crippen LogP contribution in [0.2, 0.25) is 0 Å². The number of nitrogens with two attached hydrogens (primary N) is 1. The third-order valence-electron chi connectivity index (χ3n) is 2.82. The van der Waals surface area contributed by atoms with Crippen LogP contribution in [0, 0.1) is 0 Å². The third-order valence-corrected chi connectivity index (χ3v) is 2.82. The highest BCUT2D eigenvalue weighted by molar-refractivity contribution is 5.29. The van der Waals surface area contributed by atoms with Crippen molar-refractivity contribution in [1.29, 1.82) is 0 Å². The van der Waals surface area contributed by atoms with Crippen molar-refractivity contribution in [3.8, 4) is 0 Å². The molecule has 0 aliphatic carbocycles. The highest BCUT2D eigenvalue weighted by Crippen LogP contribution is 2.23. The summed E-state index contributed by atoms with van der Waals surface area (Å²) in [5.41, 5.74) is 7.37. The molecule has 2 N–H and O–H groups in total. The van der Waals surface area contributed by atoms with Gasteiger partial charge in [-0.15, -0.1) is 0 Å². The van der Waals surface area contributed by atoms with Crippen LogP contribution in [0.4, 0.5) is 0 Å². The molecule has 2 aliphatic rings. The predicted molar refractivity (Wildman–Crippen MR) is 63.4 cm³/mol. The summed E-state index contributed by atoms with van der Waals surface area (Å²) in [7, 11) is 1.50. The Kier molecular flexibility index (Phi) is 3.93. The molecule has 88 valence electrons. The van der Waals surface area contributed by atoms with Gasteiger partial charge in [0.15, 0.2) is 0 Å². The fraction of sp³-hybridized carbons (Fsp3) is 0.538. The van der Waals surface area contributed by atoms with E-state index < -0.39 is 0 Å². The molecule has 0 saturated carbocycles. The lowest BCUT2D eigenvalue weighted by Crippen LogP contribution is -2.01. The normalized spacial score (nSPS) is 25.6. The monoisotopic (exact) mass is 221 g/mol. The minimum atomic E-state index is 0.483. The topological polar surface area (TPSA) is 51.1 Å². The number of epoxide rings is 2. The number of benzene rings is 1. The molecular weight excluding hydrogens is 202 g/mol. The van der Waals surface area contributed by atoms with Crippen molar-refractivity contribution in [3.63, 3.8) is 0 Å². The largest absolute Gasteiger partial charge is 0.373 e. The lowest BCUT2D eigenvalue weighted by Gasteiger charge is -2.06. The average molecular weight is 221 g/mol. The number of rotatable bonds is 4. The first-order chi connectivity index (χ1) is 7.92. The molecule has 0 bridgehead atoms. The first-order valence-electron chi connectivity index (χ1n) is 5.79. The lowest BCUT2D eigenvalue weighted by molar-refractivity contribution is 0.401. The number of ether oxygens (including phenoxy) is 2. The Morgan fingerprint density at radius 1 is 1.00 bits per heavy atom. The molecule has 0 aromatic heterocycles. The molecule has 1 aromatic carbocycles. The standard InChI is InChI=1S/C12H14O2.CH5N/c1-2-4-10(6-12-8-14-12)9(3-1)5-11-7-13-11;1-2/h1-4,11-12H,5-8H2;2H2,1H3. The molecule has 2 unspecified atom stereocenters. The molecule has 0 spiro atoms. The van der Waals surface area contributed by atoms with Crippen molar-refractivity contribution in [2.24, 2.45) is 5.73 Å². The Hall–Kier alpha value is -0.900. The Morgan fingerprint density at radius 3 is 1.69 bits per heavy atom. The van der Waals surface area contributed by atoms with Gasteiger partial charge in [-0.2, -0.15) is 0 Å². The van der Waals surface area contributed by atoms with Crippen LogP contribution >= 0.6 is 0 Å². The molecule has 2 saturated heterocycles. The molecule has 2 aliphatic heterocycles. The fourth-order valence-electron chi connectivity index (χ4n) is 1.82. The van der Waals surface area contributed by atoms with E-state index in [0.29, 0.717) is 12.2 Å². The van der Waals surface area contributed by atoms with Crippen LogP contribution in [0.1, 0.15) is 11.1 Å². The van der Waals surface area contributed by atoms with Crippen LogP contribution in [0.3, 0.4) is 0 Å². The molecule has 2 heterocycles. The Labute approximate surface area is 96.5 Å². The lowest BCUT2D eigenvalue weighted by atomic mass is 9.99. The van der Waals surface area contributed by atoms with E-state index in [2.05, 4.69) is 30.0 Å². The summed E-state index contributed by atoms with van der Waals surface area (Å²) in [6, 6.07) is 8.63. The maximum atomic E-state index is 5.26. The molecule has 1 aromatic rings. The summed E-state index contributed by atoms with van der Waals surface area (Å²) in [5.74, 6) is 0. The molecule has 3 rings (SSSR count). The average Bonchev–Trinajstić information content (AvgIpc) is 3.18. The van der Waals surface area contributed by atoms with Crippen molar-refractivity contribution in [2.75, 3.05) is 20.3 Å². The molecule has 3 nitrogen and oxygen atoms in total. The van der Waals surface area contributed by atoms with Crippen LogP contribution in [0.5, 0.6) is 0 Å². The maximum absolute atomic E-state index is 5.26. The molecular formula is C13H19NO2. The van der Waals surface area contributed by atoms with Gasteiger partial charge in [0.2, 0.25) is 0 Å². The van der Waals surface area contributed by atoms with Crippen LogP contribution in [0.15, 0.2) is 24.3 Å². The number of hydrogen-bond donors (Lipinski definition) is 1. The zero-order valence-electron chi connectivity index (χ0n) is 9.69. The van der Waals surface area contributed by atoms with Gasteiger partial charge in [0.05, 0.1) is 25.4 Å². The van der Waals surface area contributed by atoms with Crippen molar-refractivity contribution in [1.82, 2.24) is 0 Å². The van der Waals surface area contributed by atoms with Gasteiger partial charge in [-0.25, -0.2) is 0 Å². The minimum Gasteiger partial charge on any atom is -0.373 e. The summed E-state index contributed by atoms with van der Waals surface area (Å²) < 4.78 is 10.5. The smallest absolute Gasteiger partial charge is 0.0850 e. The highest BCUT2D eigenvalue weighted by Gasteiger charge is 2.26. The van der Waals surface area contributed by atoms with Gasteiger partial charge in [-0.05, 0) is 18.2 Å². The van der Waals surface area contributed by atoms with Crippen molar-refractivity contribution in [3.05, 3.63) is 35.4 Å². The Bertz CT molecular complexity index is 299. The fourth-order valence-corrected chi connectivity index (χ4v) is 1.82. The van der Waals surface area contributed by atoms with E-state index in [9.17, 15) is 0 Å². The summed E-state index contributed by atoms with van der Waals surface area (Å²) in [5, 5.41) is 0. The van der Waals surface area contributed by atoms with Gasteiger partial charge in [0.25, 0.3) is 0 Å². The van der Waals surface area contributed by atoms with Gasteiger partial charge < -0.3 is 15.2 Å². The number of hydrogen-bond acceptors (Lipinski definition) is 3. The first kappa shape index (κ1) is 11.6. The summed E-state index contributed by atoms with van der Waals surface area (Å²) in [4.78, 5) is 0. The summed E-state index contributed by atoms with van der Waals surface area (Å²) in [6.07, 6.45) is 3.11. The van der Waals surface area contributed by atoms with Gasteiger partial charge in [0, 0.05) is 12.8 Å². The highest BCUT2D eigenvalue weighted by atomic mass is 16.6. The second kappa shape index (κ2) is 5.43. The molecule has 2 atom stereocenters. The van der Waals surface area contributed by atoms with Crippen LogP contribution < -0.4 is 5.73 Å². The molecule has 0 radical (unpaired) electrons. The second-order valence-electron chi connectivity index (χ2n) is 4.09. The summed E-state index contributed by atoms with van der Waals surface area (Å²) >= 11 is 0. The van der Waals surface area contributed by atoms with Crippen molar-refractivity contribution >= 4 is 0 Å². The van der Waals surface area contributed by atoms with E-state index in [0.717, 1.165) is 26.1 Å². The van der Waals surface area contributed by atoms with E-state index in [1.165, 1.54) is 18.2 Å². The Balaban J connectivity index is 0.000000457.